The SMILES string of the molecule is COc1ccc(C(=O)Nc2ccc(C(C)N)cc2)c(F)c1. The molecule has 0 aliphatic rings. The van der Waals surface area contributed by atoms with E-state index in [1.165, 1.54) is 25.3 Å². The molecule has 4 nitrogen and oxygen atoms in total. The second-order valence-corrected chi connectivity index (χ2v) is 4.71. The number of ether oxygens (including phenoxy) is 1. The number of methoxy groups -OCH3 is 1. The van der Waals surface area contributed by atoms with Crippen LogP contribution in [-0.4, -0.2) is 13.0 Å². The molecule has 0 aliphatic carbocycles. The third-order valence-electron chi connectivity index (χ3n) is 3.12. The predicted molar refractivity (Wildman–Crippen MR) is 79.9 cm³/mol. The maximum Gasteiger partial charge on any atom is 0.258 e. The van der Waals surface area contributed by atoms with Crippen molar-refractivity contribution in [1.82, 2.24) is 0 Å². The van der Waals surface area contributed by atoms with Gasteiger partial charge in [-0.1, -0.05) is 12.1 Å². The molecular formula is C16H17FN2O2. The quantitative estimate of drug-likeness (QED) is 0.908. The maximum absolute atomic E-state index is 13.8. The van der Waals surface area contributed by atoms with Gasteiger partial charge in [-0.25, -0.2) is 4.39 Å². The molecule has 1 amide bonds. The van der Waals surface area contributed by atoms with Gasteiger partial charge in [-0.15, -0.1) is 0 Å². The van der Waals surface area contributed by atoms with Crippen LogP contribution in [0.3, 0.4) is 0 Å². The van der Waals surface area contributed by atoms with Crippen molar-refractivity contribution < 1.29 is 13.9 Å². The fraction of sp³-hybridized carbons (Fsp3) is 0.188. The molecule has 1 unspecified atom stereocenters. The molecule has 0 bridgehead atoms. The summed E-state index contributed by atoms with van der Waals surface area (Å²) in [6.07, 6.45) is 0. The Hall–Kier alpha value is -2.40. The number of nitrogens with two attached hydrogens (primary N) is 1. The van der Waals surface area contributed by atoms with Crippen molar-refractivity contribution in [3.63, 3.8) is 0 Å². The van der Waals surface area contributed by atoms with Gasteiger partial charge in [-0.2, -0.15) is 0 Å². The number of carbonyl (C=O) groups is 1. The Bertz CT molecular complexity index is 639. The van der Waals surface area contributed by atoms with Gasteiger partial charge >= 0.3 is 0 Å². The van der Waals surface area contributed by atoms with Gasteiger partial charge in [0, 0.05) is 17.8 Å². The lowest BCUT2D eigenvalue weighted by molar-refractivity contribution is 0.102. The predicted octanol–water partition coefficient (Wildman–Crippen LogP) is 3.11. The van der Waals surface area contributed by atoms with Gasteiger partial charge in [0.15, 0.2) is 0 Å². The second kappa shape index (κ2) is 6.37. The molecule has 0 spiro atoms. The second-order valence-electron chi connectivity index (χ2n) is 4.71. The number of carbonyl (C=O) groups excluding carboxylic acids is 1. The van der Waals surface area contributed by atoms with Crippen LogP contribution in [0.15, 0.2) is 42.5 Å². The molecule has 0 aliphatic heterocycles. The standard InChI is InChI=1S/C16H17FN2O2/c1-10(18)11-3-5-12(6-4-11)19-16(20)14-8-7-13(21-2)9-15(14)17/h3-10H,18H2,1-2H3,(H,19,20). The van der Waals surface area contributed by atoms with Crippen LogP contribution in [0, 0.1) is 5.82 Å². The van der Waals surface area contributed by atoms with Gasteiger partial charge in [-0.3, -0.25) is 4.79 Å². The summed E-state index contributed by atoms with van der Waals surface area (Å²) in [5, 5.41) is 2.64. The topological polar surface area (TPSA) is 64.3 Å². The lowest BCUT2D eigenvalue weighted by Gasteiger charge is -2.09. The zero-order chi connectivity index (χ0) is 15.4. The summed E-state index contributed by atoms with van der Waals surface area (Å²) >= 11 is 0. The minimum absolute atomic E-state index is 0.0351. The third kappa shape index (κ3) is 3.58. The van der Waals surface area contributed by atoms with E-state index in [9.17, 15) is 9.18 Å². The van der Waals surface area contributed by atoms with E-state index in [4.69, 9.17) is 10.5 Å². The normalized spacial score (nSPS) is 11.8. The van der Waals surface area contributed by atoms with E-state index < -0.39 is 11.7 Å². The highest BCUT2D eigenvalue weighted by molar-refractivity contribution is 6.04. The molecule has 0 saturated heterocycles. The van der Waals surface area contributed by atoms with Crippen molar-refractivity contribution in [1.29, 1.82) is 0 Å². The van der Waals surface area contributed by atoms with Gasteiger partial charge in [0.1, 0.15) is 11.6 Å². The first-order valence-corrected chi connectivity index (χ1v) is 6.51. The van der Waals surface area contributed by atoms with Gasteiger partial charge in [0.05, 0.1) is 12.7 Å². The van der Waals surface area contributed by atoms with E-state index in [1.54, 1.807) is 12.1 Å². The first kappa shape index (κ1) is 15.0. The number of hydrogen-bond acceptors (Lipinski definition) is 3. The average Bonchev–Trinajstić information content (AvgIpc) is 2.47. The smallest absolute Gasteiger partial charge is 0.258 e. The molecule has 5 heteroatoms. The molecule has 21 heavy (non-hydrogen) atoms. The Labute approximate surface area is 122 Å². The Morgan fingerprint density at radius 2 is 1.90 bits per heavy atom. The van der Waals surface area contributed by atoms with E-state index in [0.29, 0.717) is 11.4 Å². The maximum atomic E-state index is 13.8. The van der Waals surface area contributed by atoms with E-state index >= 15 is 0 Å². The number of hydrogen-bond donors (Lipinski definition) is 2. The Morgan fingerprint density at radius 3 is 2.43 bits per heavy atom. The van der Waals surface area contributed by atoms with Gasteiger partial charge in [0.2, 0.25) is 0 Å². The van der Waals surface area contributed by atoms with Crippen molar-refractivity contribution in [3.8, 4) is 5.75 Å². The zero-order valence-electron chi connectivity index (χ0n) is 11.9. The first-order valence-electron chi connectivity index (χ1n) is 6.51. The molecule has 110 valence electrons. The summed E-state index contributed by atoms with van der Waals surface area (Å²) in [5.74, 6) is -0.770. The summed E-state index contributed by atoms with van der Waals surface area (Å²) in [7, 11) is 1.44. The summed E-state index contributed by atoms with van der Waals surface area (Å²) in [6.45, 7) is 1.88. The van der Waals surface area contributed by atoms with Crippen LogP contribution < -0.4 is 15.8 Å². The molecule has 0 aromatic heterocycles. The van der Waals surface area contributed by atoms with E-state index in [0.717, 1.165) is 5.56 Å². The van der Waals surface area contributed by atoms with Gasteiger partial charge in [0.25, 0.3) is 5.91 Å². The fourth-order valence-corrected chi connectivity index (χ4v) is 1.88. The van der Waals surface area contributed by atoms with Crippen molar-refractivity contribution >= 4 is 11.6 Å². The van der Waals surface area contributed by atoms with E-state index in [1.807, 2.05) is 19.1 Å². The Morgan fingerprint density at radius 1 is 1.24 bits per heavy atom. The van der Waals surface area contributed by atoms with Crippen molar-refractivity contribution in [2.24, 2.45) is 5.73 Å². The number of nitrogens with one attached hydrogen (secondary N) is 1. The third-order valence-corrected chi connectivity index (χ3v) is 3.12. The monoisotopic (exact) mass is 288 g/mol. The van der Waals surface area contributed by atoms with Crippen LogP contribution in [-0.2, 0) is 0 Å². The number of rotatable bonds is 4. The Kier molecular flexibility index (Phi) is 4.55. The van der Waals surface area contributed by atoms with E-state index in [2.05, 4.69) is 5.32 Å². The summed E-state index contributed by atoms with van der Waals surface area (Å²) < 4.78 is 18.7. The molecule has 2 aromatic carbocycles. The highest BCUT2D eigenvalue weighted by Gasteiger charge is 2.13. The molecule has 0 saturated carbocycles. The average molecular weight is 288 g/mol. The summed E-state index contributed by atoms with van der Waals surface area (Å²) in [5.41, 5.74) is 7.26. The van der Waals surface area contributed by atoms with Crippen LogP contribution in [0.25, 0.3) is 0 Å². The first-order chi connectivity index (χ1) is 10.0. The number of amides is 1. The lowest BCUT2D eigenvalue weighted by atomic mass is 10.1. The van der Waals surface area contributed by atoms with Crippen LogP contribution in [0.2, 0.25) is 0 Å². The molecule has 3 N–H and O–H groups in total. The van der Waals surface area contributed by atoms with Crippen LogP contribution in [0.5, 0.6) is 5.75 Å². The molecular weight excluding hydrogens is 271 g/mol. The highest BCUT2D eigenvalue weighted by atomic mass is 19.1. The number of benzene rings is 2. The van der Waals surface area contributed by atoms with Crippen molar-refractivity contribution in [2.75, 3.05) is 12.4 Å². The highest BCUT2D eigenvalue weighted by Crippen LogP contribution is 2.19. The Balaban J connectivity index is 2.14. The largest absolute Gasteiger partial charge is 0.497 e. The molecule has 2 aromatic rings. The summed E-state index contributed by atoms with van der Waals surface area (Å²) in [4.78, 5) is 12.0. The summed E-state index contributed by atoms with van der Waals surface area (Å²) in [6, 6.07) is 11.1. The fourth-order valence-electron chi connectivity index (χ4n) is 1.88. The van der Waals surface area contributed by atoms with E-state index in [-0.39, 0.29) is 11.6 Å². The van der Waals surface area contributed by atoms with Crippen LogP contribution >= 0.6 is 0 Å². The minimum atomic E-state index is -0.626. The van der Waals surface area contributed by atoms with Crippen LogP contribution in [0.1, 0.15) is 28.9 Å². The molecule has 1 atom stereocenters. The number of anilines is 1. The molecule has 0 heterocycles. The molecule has 2 rings (SSSR count). The number of halogens is 1. The zero-order valence-corrected chi connectivity index (χ0v) is 11.9. The van der Waals surface area contributed by atoms with Crippen molar-refractivity contribution in [2.45, 2.75) is 13.0 Å². The van der Waals surface area contributed by atoms with Gasteiger partial charge in [-0.05, 0) is 36.8 Å². The molecule has 0 fully saturated rings. The molecule has 0 radical (unpaired) electrons. The lowest BCUT2D eigenvalue weighted by Crippen LogP contribution is -2.14. The minimum Gasteiger partial charge on any atom is -0.497 e. The van der Waals surface area contributed by atoms with Crippen molar-refractivity contribution in [3.05, 3.63) is 59.4 Å². The van der Waals surface area contributed by atoms with Crippen LogP contribution in [0.4, 0.5) is 10.1 Å². The van der Waals surface area contributed by atoms with Gasteiger partial charge < -0.3 is 15.8 Å².